The number of likely N-dealkylation sites (tertiary alicyclic amines) is 1. The number of carbonyl (C=O) groups excluding carboxylic acids is 1. The van der Waals surface area contributed by atoms with Gasteiger partial charge in [0.05, 0.1) is 18.7 Å². The second kappa shape index (κ2) is 10.6. The summed E-state index contributed by atoms with van der Waals surface area (Å²) >= 11 is 0. The van der Waals surface area contributed by atoms with Gasteiger partial charge in [0.15, 0.2) is 0 Å². The molecule has 2 aromatic rings. The molecule has 2 aliphatic heterocycles. The van der Waals surface area contributed by atoms with Gasteiger partial charge in [0, 0.05) is 31.7 Å². The van der Waals surface area contributed by atoms with Crippen LogP contribution < -0.4 is 15.0 Å². The van der Waals surface area contributed by atoms with Crippen LogP contribution in [0.2, 0.25) is 0 Å². The van der Waals surface area contributed by atoms with Crippen molar-refractivity contribution in [3.8, 4) is 5.75 Å². The van der Waals surface area contributed by atoms with Gasteiger partial charge >= 0.3 is 6.18 Å². The Hall–Kier alpha value is -2.81. The molecule has 0 bridgehead atoms. The quantitative estimate of drug-likeness (QED) is 0.647. The van der Waals surface area contributed by atoms with Crippen molar-refractivity contribution < 1.29 is 22.7 Å². The van der Waals surface area contributed by atoms with E-state index in [2.05, 4.69) is 27.3 Å². The fraction of sp³-hybridized carbons (Fsp3) is 0.520. The van der Waals surface area contributed by atoms with Crippen molar-refractivity contribution in [1.82, 2.24) is 15.2 Å². The van der Waals surface area contributed by atoms with Crippen molar-refractivity contribution >= 4 is 11.7 Å². The Balaban J connectivity index is 1.31. The van der Waals surface area contributed by atoms with Gasteiger partial charge < -0.3 is 15.0 Å². The maximum atomic E-state index is 12.9. The highest BCUT2D eigenvalue weighted by molar-refractivity contribution is 5.79. The van der Waals surface area contributed by atoms with Crippen LogP contribution in [-0.4, -0.2) is 55.6 Å². The highest BCUT2D eigenvalue weighted by Crippen LogP contribution is 2.30. The van der Waals surface area contributed by atoms with E-state index in [4.69, 9.17) is 4.74 Å². The lowest BCUT2D eigenvalue weighted by Gasteiger charge is -2.33. The molecule has 0 unspecified atom stereocenters. The van der Waals surface area contributed by atoms with Crippen LogP contribution in [0.3, 0.4) is 0 Å². The van der Waals surface area contributed by atoms with Gasteiger partial charge in [-0.2, -0.15) is 13.2 Å². The minimum atomic E-state index is -4.39. The summed E-state index contributed by atoms with van der Waals surface area (Å²) in [7, 11) is 1.64. The summed E-state index contributed by atoms with van der Waals surface area (Å²) < 4.78 is 43.6. The Morgan fingerprint density at radius 1 is 1.09 bits per heavy atom. The van der Waals surface area contributed by atoms with Crippen LogP contribution >= 0.6 is 0 Å². The largest absolute Gasteiger partial charge is 0.497 e. The minimum absolute atomic E-state index is 0.0396. The van der Waals surface area contributed by atoms with Gasteiger partial charge in [0.2, 0.25) is 5.91 Å². The van der Waals surface area contributed by atoms with E-state index in [1.807, 2.05) is 17.0 Å². The minimum Gasteiger partial charge on any atom is -0.497 e. The van der Waals surface area contributed by atoms with E-state index in [-0.39, 0.29) is 17.9 Å². The smallest absolute Gasteiger partial charge is 0.417 e. The van der Waals surface area contributed by atoms with Gasteiger partial charge in [-0.05, 0) is 68.6 Å². The molecule has 184 valence electrons. The van der Waals surface area contributed by atoms with E-state index < -0.39 is 11.7 Å². The lowest BCUT2D eigenvalue weighted by molar-refractivity contribution is -0.137. The van der Waals surface area contributed by atoms with Gasteiger partial charge in [-0.1, -0.05) is 12.1 Å². The third-order valence-electron chi connectivity index (χ3n) is 6.82. The number of piperidine rings is 1. The third-order valence-corrected chi connectivity index (χ3v) is 6.82. The molecule has 0 aliphatic carbocycles. The molecule has 34 heavy (non-hydrogen) atoms. The average molecular weight is 477 g/mol. The number of halogens is 3. The maximum Gasteiger partial charge on any atom is 0.417 e. The fourth-order valence-corrected chi connectivity index (χ4v) is 4.79. The number of hydrogen-bond acceptors (Lipinski definition) is 5. The number of nitrogens with one attached hydrogen (secondary N) is 1. The van der Waals surface area contributed by atoms with Crippen molar-refractivity contribution in [3.05, 3.63) is 53.7 Å². The van der Waals surface area contributed by atoms with Crippen molar-refractivity contribution in [2.75, 3.05) is 44.7 Å². The molecule has 3 heterocycles. The van der Waals surface area contributed by atoms with E-state index in [0.717, 1.165) is 49.5 Å². The summed E-state index contributed by atoms with van der Waals surface area (Å²) in [5, 5.41) is 3.16. The predicted octanol–water partition coefficient (Wildman–Crippen LogP) is 4.28. The van der Waals surface area contributed by atoms with E-state index in [1.54, 1.807) is 7.11 Å². The lowest BCUT2D eigenvalue weighted by atomic mass is 9.95. The van der Waals surface area contributed by atoms with Crippen LogP contribution in [0.15, 0.2) is 42.6 Å². The first kappa shape index (κ1) is 24.3. The zero-order chi connectivity index (χ0) is 24.1. The number of anilines is 1. The number of rotatable bonds is 7. The van der Waals surface area contributed by atoms with Crippen molar-refractivity contribution in [1.29, 1.82) is 0 Å². The van der Waals surface area contributed by atoms with Crippen LogP contribution in [0.25, 0.3) is 0 Å². The Kier molecular flexibility index (Phi) is 7.60. The summed E-state index contributed by atoms with van der Waals surface area (Å²) in [4.78, 5) is 21.3. The monoisotopic (exact) mass is 476 g/mol. The number of benzene rings is 1. The van der Waals surface area contributed by atoms with Crippen molar-refractivity contribution in [3.63, 3.8) is 0 Å². The van der Waals surface area contributed by atoms with Gasteiger partial charge in [0.1, 0.15) is 11.6 Å². The Bertz CT molecular complexity index is 936. The first-order valence-electron chi connectivity index (χ1n) is 11.8. The normalized spacial score (nSPS) is 18.6. The first-order chi connectivity index (χ1) is 16.3. The van der Waals surface area contributed by atoms with Crippen molar-refractivity contribution in [2.24, 2.45) is 5.92 Å². The SMILES string of the molecule is COc1ccc([C@@H](CNC(=O)C2CCN(c3ccc(C(F)(F)F)cn3)CC2)N2CCCC2)cc1. The maximum absolute atomic E-state index is 12.9. The molecule has 2 fully saturated rings. The van der Waals surface area contributed by atoms with Gasteiger partial charge in [0.25, 0.3) is 0 Å². The Labute approximate surface area is 198 Å². The second-order valence-electron chi connectivity index (χ2n) is 8.94. The number of ether oxygens (including phenoxy) is 1. The zero-order valence-corrected chi connectivity index (χ0v) is 19.4. The van der Waals surface area contributed by atoms with Crippen LogP contribution in [-0.2, 0) is 11.0 Å². The second-order valence-corrected chi connectivity index (χ2v) is 8.94. The number of nitrogens with zero attached hydrogens (tertiary/aromatic N) is 3. The lowest BCUT2D eigenvalue weighted by Crippen LogP contribution is -2.43. The Morgan fingerprint density at radius 3 is 2.32 bits per heavy atom. The number of aromatic nitrogens is 1. The Morgan fingerprint density at radius 2 is 1.76 bits per heavy atom. The summed E-state index contributed by atoms with van der Waals surface area (Å²) in [5.41, 5.74) is 0.404. The van der Waals surface area contributed by atoms with Crippen LogP contribution in [0.4, 0.5) is 19.0 Å². The molecule has 4 rings (SSSR count). The molecule has 1 aromatic carbocycles. The molecular formula is C25H31F3N4O2. The zero-order valence-electron chi connectivity index (χ0n) is 19.4. The molecule has 6 nitrogen and oxygen atoms in total. The van der Waals surface area contributed by atoms with Crippen LogP contribution in [0, 0.1) is 5.92 Å². The number of carbonyl (C=O) groups is 1. The summed E-state index contributed by atoms with van der Waals surface area (Å²) in [6.45, 7) is 3.76. The van der Waals surface area contributed by atoms with Gasteiger partial charge in [-0.15, -0.1) is 0 Å². The fourth-order valence-electron chi connectivity index (χ4n) is 4.79. The average Bonchev–Trinajstić information content (AvgIpc) is 3.39. The molecule has 2 aliphatic rings. The molecule has 0 saturated carbocycles. The van der Waals surface area contributed by atoms with E-state index in [0.29, 0.717) is 38.3 Å². The number of methoxy groups -OCH3 is 1. The molecule has 0 spiro atoms. The molecule has 1 N–H and O–H groups in total. The standard InChI is InChI=1S/C25H31F3N4O2/c1-34-21-7-4-18(5-8-21)22(31-12-2-3-13-31)17-30-24(33)19-10-14-32(15-11-19)23-9-6-20(16-29-23)25(26,27)28/h4-9,16,19,22H,2-3,10-15,17H2,1H3,(H,30,33)/t22-/m1/s1. The predicted molar refractivity (Wildman–Crippen MR) is 124 cm³/mol. The molecule has 2 saturated heterocycles. The van der Waals surface area contributed by atoms with E-state index >= 15 is 0 Å². The summed E-state index contributed by atoms with van der Waals surface area (Å²) in [5.74, 6) is 1.25. The number of hydrogen-bond donors (Lipinski definition) is 1. The topological polar surface area (TPSA) is 57.7 Å². The highest BCUT2D eigenvalue weighted by atomic mass is 19.4. The third kappa shape index (κ3) is 5.81. The molecule has 1 aromatic heterocycles. The van der Waals surface area contributed by atoms with Gasteiger partial charge in [-0.25, -0.2) is 4.98 Å². The summed E-state index contributed by atoms with van der Waals surface area (Å²) in [6.07, 6.45) is 0.0894. The molecular weight excluding hydrogens is 445 g/mol. The first-order valence-corrected chi connectivity index (χ1v) is 11.8. The summed E-state index contributed by atoms with van der Waals surface area (Å²) in [6, 6.07) is 10.6. The van der Waals surface area contributed by atoms with Crippen LogP contribution in [0.5, 0.6) is 5.75 Å². The molecule has 0 radical (unpaired) electrons. The van der Waals surface area contributed by atoms with E-state index in [9.17, 15) is 18.0 Å². The number of amides is 1. The highest BCUT2D eigenvalue weighted by Gasteiger charge is 2.32. The van der Waals surface area contributed by atoms with E-state index in [1.165, 1.54) is 6.07 Å². The molecule has 1 atom stereocenters. The molecule has 9 heteroatoms. The van der Waals surface area contributed by atoms with Gasteiger partial charge in [-0.3, -0.25) is 9.69 Å². The van der Waals surface area contributed by atoms with Crippen LogP contribution in [0.1, 0.15) is 42.9 Å². The van der Waals surface area contributed by atoms with Crippen molar-refractivity contribution in [2.45, 2.75) is 37.9 Å². The molecule has 1 amide bonds. The number of alkyl halides is 3. The number of pyridine rings is 1.